The van der Waals surface area contributed by atoms with E-state index in [2.05, 4.69) is 4.90 Å². The summed E-state index contributed by atoms with van der Waals surface area (Å²) in [5, 5.41) is 8.81. The maximum atomic E-state index is 11.0. The summed E-state index contributed by atoms with van der Waals surface area (Å²) in [6, 6.07) is 0. The Balaban J connectivity index is 1.76. The Morgan fingerprint density at radius 3 is 2.65 bits per heavy atom. The van der Waals surface area contributed by atoms with Crippen LogP contribution in [0.1, 0.15) is 19.3 Å². The predicted octanol–water partition coefficient (Wildman–Crippen LogP) is -0.574. The smallest absolute Gasteiger partial charge is 0.332 e. The second-order valence-corrected chi connectivity index (χ2v) is 4.81. The molecule has 2 aliphatic rings. The van der Waals surface area contributed by atoms with E-state index in [1.165, 1.54) is 0 Å². The van der Waals surface area contributed by atoms with Gasteiger partial charge in [-0.1, -0.05) is 0 Å². The van der Waals surface area contributed by atoms with Crippen LogP contribution in [0.3, 0.4) is 0 Å². The molecule has 0 aromatic rings. The van der Waals surface area contributed by atoms with Gasteiger partial charge in [-0.25, -0.2) is 4.79 Å². The molecular weight excluding hydrogens is 224 g/mol. The molecule has 96 valence electrons. The topological polar surface area (TPSA) is 92.9 Å². The average molecular weight is 242 g/mol. The van der Waals surface area contributed by atoms with Crippen LogP contribution in [0.4, 0.5) is 0 Å². The van der Waals surface area contributed by atoms with Crippen LogP contribution in [-0.4, -0.2) is 53.7 Å². The van der Waals surface area contributed by atoms with Gasteiger partial charge in [0.25, 0.3) is 0 Å². The molecule has 0 spiro atoms. The zero-order chi connectivity index (χ0) is 12.4. The number of hydrogen-bond donors (Lipinski definition) is 2. The van der Waals surface area contributed by atoms with Gasteiger partial charge in [-0.15, -0.1) is 0 Å². The molecule has 2 aliphatic heterocycles. The molecular formula is C11H18N2O4. The van der Waals surface area contributed by atoms with Gasteiger partial charge in [0, 0.05) is 13.1 Å². The van der Waals surface area contributed by atoms with Gasteiger partial charge < -0.3 is 15.6 Å². The fourth-order valence-corrected chi connectivity index (χ4v) is 2.54. The number of carboxylic acid groups (broad SMARTS) is 1. The first kappa shape index (κ1) is 12.3. The first-order valence-electron chi connectivity index (χ1n) is 5.96. The predicted molar refractivity (Wildman–Crippen MR) is 59.3 cm³/mol. The summed E-state index contributed by atoms with van der Waals surface area (Å²) in [5.41, 5.74) is 5.26. The van der Waals surface area contributed by atoms with Gasteiger partial charge in [0.05, 0.1) is 12.0 Å². The molecule has 3 N–H and O–H groups in total. The summed E-state index contributed by atoms with van der Waals surface area (Å²) < 4.78 is 5.42. The molecule has 17 heavy (non-hydrogen) atoms. The summed E-state index contributed by atoms with van der Waals surface area (Å²) in [7, 11) is 0. The minimum atomic E-state index is -0.885. The summed E-state index contributed by atoms with van der Waals surface area (Å²) in [6.07, 6.45) is 1.46. The second-order valence-electron chi connectivity index (χ2n) is 4.81. The Morgan fingerprint density at radius 1 is 1.35 bits per heavy atom. The largest absolute Gasteiger partial charge is 0.479 e. The third-order valence-corrected chi connectivity index (χ3v) is 3.52. The molecule has 2 fully saturated rings. The number of carbonyl (C=O) groups excluding carboxylic acids is 1. The van der Waals surface area contributed by atoms with Crippen LogP contribution >= 0.6 is 0 Å². The van der Waals surface area contributed by atoms with Crippen molar-refractivity contribution in [3.8, 4) is 0 Å². The van der Waals surface area contributed by atoms with E-state index in [9.17, 15) is 9.59 Å². The molecule has 3 unspecified atom stereocenters. The van der Waals surface area contributed by atoms with Crippen molar-refractivity contribution >= 4 is 11.9 Å². The van der Waals surface area contributed by atoms with Gasteiger partial charge in [-0.05, 0) is 25.8 Å². The van der Waals surface area contributed by atoms with Crippen molar-refractivity contribution in [3.05, 3.63) is 0 Å². The number of primary amides is 1. The molecule has 2 rings (SSSR count). The van der Waals surface area contributed by atoms with E-state index in [4.69, 9.17) is 15.6 Å². The highest BCUT2D eigenvalue weighted by molar-refractivity contribution is 5.77. The number of likely N-dealkylation sites (tertiary alicyclic amines) is 1. The van der Waals surface area contributed by atoms with E-state index >= 15 is 0 Å². The normalized spacial score (nSPS) is 34.0. The molecule has 0 bridgehead atoms. The minimum absolute atomic E-state index is 0.0253. The Bertz CT molecular complexity index is 291. The maximum absolute atomic E-state index is 11.0. The lowest BCUT2D eigenvalue weighted by Gasteiger charge is -2.20. The van der Waals surface area contributed by atoms with E-state index in [1.807, 2.05) is 0 Å². The van der Waals surface area contributed by atoms with Crippen molar-refractivity contribution in [1.82, 2.24) is 4.90 Å². The average Bonchev–Trinajstić information content (AvgIpc) is 2.87. The van der Waals surface area contributed by atoms with E-state index in [0.717, 1.165) is 19.4 Å². The number of nitrogens with zero attached hydrogens (tertiary/aromatic N) is 1. The van der Waals surface area contributed by atoms with Gasteiger partial charge in [0.1, 0.15) is 0 Å². The lowest BCUT2D eigenvalue weighted by molar-refractivity contribution is -0.149. The van der Waals surface area contributed by atoms with E-state index < -0.39 is 12.1 Å². The first-order valence-corrected chi connectivity index (χ1v) is 5.96. The third kappa shape index (κ3) is 2.95. The molecule has 0 aromatic heterocycles. The molecule has 0 radical (unpaired) electrons. The highest BCUT2D eigenvalue weighted by Crippen LogP contribution is 2.23. The van der Waals surface area contributed by atoms with E-state index in [1.54, 1.807) is 0 Å². The molecule has 2 heterocycles. The number of carboxylic acids is 1. The molecule has 3 atom stereocenters. The van der Waals surface area contributed by atoms with E-state index in [-0.39, 0.29) is 17.9 Å². The monoisotopic (exact) mass is 242 g/mol. The number of ether oxygens (including phenoxy) is 1. The third-order valence-electron chi connectivity index (χ3n) is 3.52. The Morgan fingerprint density at radius 2 is 2.12 bits per heavy atom. The lowest BCUT2D eigenvalue weighted by Crippen LogP contribution is -2.33. The zero-order valence-corrected chi connectivity index (χ0v) is 9.67. The van der Waals surface area contributed by atoms with Crippen LogP contribution in [0.15, 0.2) is 0 Å². The Kier molecular flexibility index (Phi) is 3.63. The maximum Gasteiger partial charge on any atom is 0.332 e. The zero-order valence-electron chi connectivity index (χ0n) is 9.67. The lowest BCUT2D eigenvalue weighted by atomic mass is 10.1. The van der Waals surface area contributed by atoms with Crippen LogP contribution in [-0.2, 0) is 14.3 Å². The van der Waals surface area contributed by atoms with Gasteiger partial charge >= 0.3 is 5.97 Å². The van der Waals surface area contributed by atoms with Crippen LogP contribution in [0.25, 0.3) is 0 Å². The number of rotatable bonds is 4. The Hall–Kier alpha value is -1.14. The fourth-order valence-electron chi connectivity index (χ4n) is 2.54. The number of amides is 1. The summed E-state index contributed by atoms with van der Waals surface area (Å²) in [6.45, 7) is 2.21. The molecule has 1 amide bonds. The van der Waals surface area contributed by atoms with Gasteiger partial charge in [0.2, 0.25) is 5.91 Å². The highest BCUT2D eigenvalue weighted by Gasteiger charge is 2.34. The quantitative estimate of drug-likeness (QED) is 0.688. The minimum Gasteiger partial charge on any atom is -0.479 e. The second kappa shape index (κ2) is 5.01. The van der Waals surface area contributed by atoms with Crippen molar-refractivity contribution in [2.45, 2.75) is 31.5 Å². The summed E-state index contributed by atoms with van der Waals surface area (Å²) >= 11 is 0. The molecule has 2 saturated heterocycles. The standard InChI is InChI=1S/C11H18N2O4/c12-10(14)7-3-4-13(5-7)6-8-1-2-9(17-8)11(15)16/h7-9H,1-6H2,(H2,12,14)(H,15,16). The van der Waals surface area contributed by atoms with Gasteiger partial charge in [-0.2, -0.15) is 0 Å². The molecule has 0 saturated carbocycles. The van der Waals surface area contributed by atoms with Crippen molar-refractivity contribution in [2.75, 3.05) is 19.6 Å². The fraction of sp³-hybridized carbons (Fsp3) is 0.818. The van der Waals surface area contributed by atoms with Crippen molar-refractivity contribution in [2.24, 2.45) is 11.7 Å². The van der Waals surface area contributed by atoms with Crippen LogP contribution in [0.2, 0.25) is 0 Å². The van der Waals surface area contributed by atoms with Crippen molar-refractivity contribution in [1.29, 1.82) is 0 Å². The van der Waals surface area contributed by atoms with Gasteiger partial charge in [0.15, 0.2) is 6.10 Å². The molecule has 6 nitrogen and oxygen atoms in total. The Labute approximate surface area is 99.7 Å². The molecule has 6 heteroatoms. The molecule has 0 aromatic carbocycles. The molecule has 0 aliphatic carbocycles. The van der Waals surface area contributed by atoms with Crippen LogP contribution in [0, 0.1) is 5.92 Å². The number of aliphatic carboxylic acids is 1. The number of hydrogen-bond acceptors (Lipinski definition) is 4. The van der Waals surface area contributed by atoms with Crippen LogP contribution < -0.4 is 5.73 Å². The summed E-state index contributed by atoms with van der Waals surface area (Å²) in [5.74, 6) is -1.20. The SMILES string of the molecule is NC(=O)C1CCN(CC2CCC(C(=O)O)O2)C1. The van der Waals surface area contributed by atoms with Gasteiger partial charge in [-0.3, -0.25) is 9.69 Å². The van der Waals surface area contributed by atoms with Crippen molar-refractivity contribution < 1.29 is 19.4 Å². The van der Waals surface area contributed by atoms with E-state index in [0.29, 0.717) is 19.5 Å². The number of nitrogens with two attached hydrogens (primary N) is 1. The van der Waals surface area contributed by atoms with Crippen molar-refractivity contribution in [3.63, 3.8) is 0 Å². The summed E-state index contributed by atoms with van der Waals surface area (Å²) in [4.78, 5) is 23.9. The highest BCUT2D eigenvalue weighted by atomic mass is 16.5. The number of carbonyl (C=O) groups is 2. The first-order chi connectivity index (χ1) is 8.06. The van der Waals surface area contributed by atoms with Crippen LogP contribution in [0.5, 0.6) is 0 Å².